The summed E-state index contributed by atoms with van der Waals surface area (Å²) >= 11 is 0. The van der Waals surface area contributed by atoms with Crippen LogP contribution in [0.3, 0.4) is 0 Å². The van der Waals surface area contributed by atoms with Gasteiger partial charge in [0.1, 0.15) is 5.82 Å². The molecule has 1 unspecified atom stereocenters. The van der Waals surface area contributed by atoms with Gasteiger partial charge in [0.2, 0.25) is 5.91 Å². The van der Waals surface area contributed by atoms with E-state index in [-0.39, 0.29) is 17.8 Å². The molecule has 146 valence electrons. The van der Waals surface area contributed by atoms with Gasteiger partial charge in [0.05, 0.1) is 30.9 Å². The number of ether oxygens (including phenoxy) is 1. The first kappa shape index (κ1) is 20.0. The minimum atomic E-state index is -0.268. The van der Waals surface area contributed by atoms with Crippen molar-refractivity contribution in [2.24, 2.45) is 0 Å². The highest BCUT2D eigenvalue weighted by atomic mass is 19.1. The SMILES string of the molecule is N#Cc1ccc(CCC(=O)NCC(c2ccc(F)cc2)N2CCOCC2)cc1. The van der Waals surface area contributed by atoms with Gasteiger partial charge in [-0.15, -0.1) is 0 Å². The molecule has 6 heteroatoms. The molecular formula is C22H24FN3O2. The number of morpholine rings is 1. The Balaban J connectivity index is 1.56. The van der Waals surface area contributed by atoms with Crippen molar-refractivity contribution < 1.29 is 13.9 Å². The standard InChI is InChI=1S/C22H24FN3O2/c23-20-8-6-19(7-9-20)21(26-11-13-28-14-12-26)16-25-22(27)10-5-17-1-3-18(15-24)4-2-17/h1-4,6-9,21H,5,10-14,16H2,(H,25,27). The topological polar surface area (TPSA) is 65.4 Å². The van der Waals surface area contributed by atoms with Gasteiger partial charge in [-0.3, -0.25) is 9.69 Å². The molecule has 1 saturated heterocycles. The van der Waals surface area contributed by atoms with Crippen LogP contribution in [0, 0.1) is 17.1 Å². The largest absolute Gasteiger partial charge is 0.379 e. The second kappa shape index (κ2) is 9.98. The minimum Gasteiger partial charge on any atom is -0.379 e. The van der Waals surface area contributed by atoms with Crippen LogP contribution >= 0.6 is 0 Å². The molecule has 1 atom stereocenters. The Morgan fingerprint density at radius 1 is 1.14 bits per heavy atom. The van der Waals surface area contributed by atoms with Crippen LogP contribution in [0.2, 0.25) is 0 Å². The molecule has 1 aliphatic rings. The number of hydrogen-bond acceptors (Lipinski definition) is 4. The molecule has 1 heterocycles. The third-order valence-electron chi connectivity index (χ3n) is 4.96. The molecule has 5 nitrogen and oxygen atoms in total. The third-order valence-corrected chi connectivity index (χ3v) is 4.96. The van der Waals surface area contributed by atoms with Gasteiger partial charge in [-0.1, -0.05) is 24.3 Å². The smallest absolute Gasteiger partial charge is 0.220 e. The molecule has 1 aliphatic heterocycles. The summed E-state index contributed by atoms with van der Waals surface area (Å²) in [6.45, 7) is 3.35. The predicted octanol–water partition coefficient (Wildman–Crippen LogP) is 2.82. The lowest BCUT2D eigenvalue weighted by Crippen LogP contribution is -2.43. The van der Waals surface area contributed by atoms with Gasteiger partial charge in [-0.25, -0.2) is 4.39 Å². The first-order chi connectivity index (χ1) is 13.7. The van der Waals surface area contributed by atoms with E-state index in [4.69, 9.17) is 10.00 Å². The maximum absolute atomic E-state index is 13.3. The van der Waals surface area contributed by atoms with Gasteiger partial charge in [0.15, 0.2) is 0 Å². The van der Waals surface area contributed by atoms with E-state index >= 15 is 0 Å². The Morgan fingerprint density at radius 2 is 1.82 bits per heavy atom. The highest BCUT2D eigenvalue weighted by molar-refractivity contribution is 5.76. The van der Waals surface area contributed by atoms with Crippen LogP contribution in [0.1, 0.15) is 29.2 Å². The fourth-order valence-electron chi connectivity index (χ4n) is 3.33. The van der Waals surface area contributed by atoms with E-state index in [9.17, 15) is 9.18 Å². The number of rotatable bonds is 7. The summed E-state index contributed by atoms with van der Waals surface area (Å²) in [5.41, 5.74) is 2.62. The number of nitrogens with zero attached hydrogens (tertiary/aromatic N) is 2. The molecule has 28 heavy (non-hydrogen) atoms. The zero-order valence-corrected chi connectivity index (χ0v) is 15.7. The van der Waals surface area contributed by atoms with Crippen molar-refractivity contribution in [3.8, 4) is 6.07 Å². The van der Waals surface area contributed by atoms with E-state index < -0.39 is 0 Å². The van der Waals surface area contributed by atoms with Gasteiger partial charge in [0, 0.05) is 26.1 Å². The summed E-state index contributed by atoms with van der Waals surface area (Å²) in [6.07, 6.45) is 1.00. The molecule has 1 N–H and O–H groups in total. The monoisotopic (exact) mass is 381 g/mol. The molecule has 3 rings (SSSR count). The number of aryl methyl sites for hydroxylation is 1. The van der Waals surface area contributed by atoms with E-state index in [1.165, 1.54) is 12.1 Å². The van der Waals surface area contributed by atoms with Gasteiger partial charge in [-0.2, -0.15) is 5.26 Å². The average Bonchev–Trinajstić information content (AvgIpc) is 2.75. The Morgan fingerprint density at radius 3 is 2.46 bits per heavy atom. The van der Waals surface area contributed by atoms with E-state index in [0.717, 1.165) is 24.2 Å². The summed E-state index contributed by atoms with van der Waals surface area (Å²) in [4.78, 5) is 14.6. The van der Waals surface area contributed by atoms with Crippen molar-refractivity contribution in [3.05, 3.63) is 71.0 Å². The quantitative estimate of drug-likeness (QED) is 0.801. The molecular weight excluding hydrogens is 357 g/mol. The normalized spacial score (nSPS) is 15.6. The first-order valence-electron chi connectivity index (χ1n) is 9.49. The van der Waals surface area contributed by atoms with Crippen molar-refractivity contribution in [2.45, 2.75) is 18.9 Å². The summed E-state index contributed by atoms with van der Waals surface area (Å²) in [6, 6.07) is 15.8. The van der Waals surface area contributed by atoms with E-state index in [0.29, 0.717) is 38.2 Å². The number of halogens is 1. The van der Waals surface area contributed by atoms with Gasteiger partial charge < -0.3 is 10.1 Å². The Kier molecular flexibility index (Phi) is 7.12. The number of hydrogen-bond donors (Lipinski definition) is 1. The van der Waals surface area contributed by atoms with Crippen molar-refractivity contribution in [2.75, 3.05) is 32.8 Å². The number of amides is 1. The van der Waals surface area contributed by atoms with Crippen LogP contribution in [0.4, 0.5) is 4.39 Å². The van der Waals surface area contributed by atoms with Crippen LogP contribution < -0.4 is 5.32 Å². The molecule has 0 aromatic heterocycles. The number of carbonyl (C=O) groups is 1. The lowest BCUT2D eigenvalue weighted by atomic mass is 10.0. The van der Waals surface area contributed by atoms with Gasteiger partial charge in [-0.05, 0) is 41.8 Å². The number of nitrogens with one attached hydrogen (secondary N) is 1. The van der Waals surface area contributed by atoms with Crippen LogP contribution in [0.25, 0.3) is 0 Å². The van der Waals surface area contributed by atoms with E-state index in [2.05, 4.69) is 16.3 Å². The highest BCUT2D eigenvalue weighted by Gasteiger charge is 2.23. The summed E-state index contributed by atoms with van der Waals surface area (Å²) < 4.78 is 18.7. The van der Waals surface area contributed by atoms with Gasteiger partial charge in [0.25, 0.3) is 0 Å². The molecule has 2 aromatic carbocycles. The molecule has 0 aliphatic carbocycles. The zero-order valence-electron chi connectivity index (χ0n) is 15.7. The van der Waals surface area contributed by atoms with Crippen LogP contribution in [0.5, 0.6) is 0 Å². The van der Waals surface area contributed by atoms with Crippen LogP contribution in [-0.4, -0.2) is 43.7 Å². The average molecular weight is 381 g/mol. The van der Waals surface area contributed by atoms with E-state index in [1.807, 2.05) is 12.1 Å². The molecule has 1 fully saturated rings. The lowest BCUT2D eigenvalue weighted by molar-refractivity contribution is -0.121. The molecule has 0 bridgehead atoms. The Labute approximate surface area is 164 Å². The Bertz CT molecular complexity index is 809. The number of benzene rings is 2. The van der Waals surface area contributed by atoms with Gasteiger partial charge >= 0.3 is 0 Å². The molecule has 0 radical (unpaired) electrons. The maximum Gasteiger partial charge on any atom is 0.220 e. The van der Waals surface area contributed by atoms with Crippen molar-refractivity contribution in [3.63, 3.8) is 0 Å². The third kappa shape index (κ3) is 5.62. The second-order valence-electron chi connectivity index (χ2n) is 6.83. The summed E-state index contributed by atoms with van der Waals surface area (Å²) in [7, 11) is 0. The van der Waals surface area contributed by atoms with Crippen molar-refractivity contribution in [1.29, 1.82) is 5.26 Å². The second-order valence-corrected chi connectivity index (χ2v) is 6.83. The van der Waals surface area contributed by atoms with Crippen LogP contribution in [0.15, 0.2) is 48.5 Å². The summed E-state index contributed by atoms with van der Waals surface area (Å²) in [5, 5.41) is 11.9. The molecule has 2 aromatic rings. The van der Waals surface area contributed by atoms with Crippen LogP contribution in [-0.2, 0) is 16.0 Å². The fourth-order valence-corrected chi connectivity index (χ4v) is 3.33. The summed E-state index contributed by atoms with van der Waals surface area (Å²) in [5.74, 6) is -0.291. The zero-order chi connectivity index (χ0) is 19.8. The molecule has 0 saturated carbocycles. The predicted molar refractivity (Wildman–Crippen MR) is 104 cm³/mol. The first-order valence-corrected chi connectivity index (χ1v) is 9.49. The van der Waals surface area contributed by atoms with Crippen molar-refractivity contribution in [1.82, 2.24) is 10.2 Å². The number of nitriles is 1. The Hall–Kier alpha value is -2.75. The fraction of sp³-hybridized carbons (Fsp3) is 0.364. The van der Waals surface area contributed by atoms with Crippen molar-refractivity contribution >= 4 is 5.91 Å². The maximum atomic E-state index is 13.3. The highest BCUT2D eigenvalue weighted by Crippen LogP contribution is 2.21. The number of carbonyl (C=O) groups excluding carboxylic acids is 1. The molecule has 0 spiro atoms. The van der Waals surface area contributed by atoms with E-state index in [1.54, 1.807) is 24.3 Å². The lowest BCUT2D eigenvalue weighted by Gasteiger charge is -2.35. The molecule has 1 amide bonds. The minimum absolute atomic E-state index is 0.0108.